The van der Waals surface area contributed by atoms with E-state index in [-0.39, 0.29) is 35.8 Å². The van der Waals surface area contributed by atoms with Crippen molar-refractivity contribution in [3.63, 3.8) is 0 Å². The lowest BCUT2D eigenvalue weighted by Gasteiger charge is -2.27. The van der Waals surface area contributed by atoms with Gasteiger partial charge in [0.05, 0.1) is 28.4 Å². The number of hydrogen-bond donors (Lipinski definition) is 7. The van der Waals surface area contributed by atoms with Crippen LogP contribution in [0.1, 0.15) is 90.2 Å². The predicted molar refractivity (Wildman–Crippen MR) is 274 cm³/mol. The molecule has 2 aliphatic rings. The van der Waals surface area contributed by atoms with Crippen molar-refractivity contribution in [2.24, 2.45) is 5.50 Å². The molecule has 18 nitrogen and oxygen atoms in total. The van der Waals surface area contributed by atoms with Crippen molar-refractivity contribution >= 4 is 87.1 Å². The molecular weight excluding hydrogens is 1000 g/mol. The van der Waals surface area contributed by atoms with Crippen LogP contribution in [-0.2, 0) is 55.7 Å². The average molecular weight is 1070 g/mol. The summed E-state index contributed by atoms with van der Waals surface area (Å²) in [6.07, 6.45) is 13.1. The van der Waals surface area contributed by atoms with Gasteiger partial charge in [0.25, 0.3) is 30.4 Å². The van der Waals surface area contributed by atoms with E-state index >= 15 is 0 Å². The van der Waals surface area contributed by atoms with Crippen molar-refractivity contribution in [2.45, 2.75) is 99.7 Å². The van der Waals surface area contributed by atoms with Gasteiger partial charge < -0.3 is 4.90 Å². The first-order valence-corrected chi connectivity index (χ1v) is 30.6. The normalized spacial score (nSPS) is 17.0. The van der Waals surface area contributed by atoms with E-state index in [0.717, 1.165) is 39.3 Å². The van der Waals surface area contributed by atoms with Gasteiger partial charge in [-0.1, -0.05) is 75.2 Å². The molecule has 2 aliphatic heterocycles. The molecule has 0 aliphatic carbocycles. The number of fused-ring (bicyclic) bond motifs is 6. The number of allylic oxidation sites excluding steroid dienone is 6. The third-order valence-corrected chi connectivity index (χ3v) is 17.3. The zero-order valence-electron chi connectivity index (χ0n) is 39.5. The maximum Gasteiger partial charge on any atom is 0.493 e. The van der Waals surface area contributed by atoms with Gasteiger partial charge in [0.2, 0.25) is 15.7 Å². The Morgan fingerprint density at radius 1 is 0.671 bits per heavy atom. The van der Waals surface area contributed by atoms with E-state index in [1.807, 2.05) is 75.1 Å². The van der Waals surface area contributed by atoms with Gasteiger partial charge in [0.1, 0.15) is 11.4 Å². The Morgan fingerprint density at radius 3 is 1.91 bits per heavy atom. The van der Waals surface area contributed by atoms with Gasteiger partial charge in [-0.3, -0.25) is 13.7 Å². The molecule has 23 heteroatoms. The number of nitrogens with two attached hydrogens (primary N) is 1. The fourth-order valence-corrected chi connectivity index (χ4v) is 13.2. The molecular formula is C47H63N4O14PS4+2. The predicted octanol–water partition coefficient (Wildman–Crippen LogP) is 7.22. The van der Waals surface area contributed by atoms with Crippen LogP contribution in [0.15, 0.2) is 107 Å². The Morgan fingerprint density at radius 2 is 1.27 bits per heavy atom. The molecule has 0 fully saturated rings. The molecule has 0 atom stereocenters. The summed E-state index contributed by atoms with van der Waals surface area (Å²) >= 11 is 0. The maximum absolute atomic E-state index is 13.8. The summed E-state index contributed by atoms with van der Waals surface area (Å²) in [5.74, 6) is -0.809. The summed E-state index contributed by atoms with van der Waals surface area (Å²) in [5, 5.41) is 2.22. The van der Waals surface area contributed by atoms with Crippen LogP contribution in [0, 0.1) is 0 Å². The molecule has 0 radical (unpaired) electrons. The van der Waals surface area contributed by atoms with Gasteiger partial charge in [0, 0.05) is 64.8 Å². The maximum atomic E-state index is 13.8. The quantitative estimate of drug-likeness (QED) is 0.0120. The summed E-state index contributed by atoms with van der Waals surface area (Å²) in [6, 6.07) is 16.9. The summed E-state index contributed by atoms with van der Waals surface area (Å²) in [4.78, 5) is 20.3. The van der Waals surface area contributed by atoms with E-state index in [2.05, 4.69) is 9.30 Å². The SMILES string of the molecule is CC1(C)C(/C=C/C=C/C=C2/N(CCCCS(=O)(=O)O)c3ccc4c(S(=O)(=O)O)cccc4c3C2(C)C)=[N+](CCCCS(=O)(=O)O)c2ccc3c(S(=O)(=O)NCCCCCCO[P+](N)(O)O)cccc3c21. The largest absolute Gasteiger partial charge is 0.493 e. The molecule has 70 heavy (non-hydrogen) atoms. The third-order valence-electron chi connectivity index (χ3n) is 12.7. The highest BCUT2D eigenvalue weighted by molar-refractivity contribution is 7.89. The van der Waals surface area contributed by atoms with Crippen LogP contribution < -0.4 is 15.1 Å². The summed E-state index contributed by atoms with van der Waals surface area (Å²) in [6.45, 7) is 9.09. The molecule has 0 amide bonds. The molecule has 0 aromatic heterocycles. The van der Waals surface area contributed by atoms with Crippen molar-refractivity contribution in [3.8, 4) is 0 Å². The molecule has 0 spiro atoms. The molecule has 0 saturated heterocycles. The molecule has 0 bridgehead atoms. The third kappa shape index (κ3) is 13.1. The van der Waals surface area contributed by atoms with Crippen LogP contribution in [0.2, 0.25) is 0 Å². The number of nitrogens with zero attached hydrogens (tertiary/aromatic N) is 2. The summed E-state index contributed by atoms with van der Waals surface area (Å²) in [5.41, 5.74) is 8.66. The zero-order valence-corrected chi connectivity index (χ0v) is 43.7. The topological polar surface area (TPSA) is 291 Å². The van der Waals surface area contributed by atoms with Crippen LogP contribution in [-0.4, -0.2) is 105 Å². The first kappa shape index (κ1) is 55.3. The van der Waals surface area contributed by atoms with Crippen LogP contribution in [0.4, 0.5) is 11.4 Å². The van der Waals surface area contributed by atoms with Gasteiger partial charge in [-0.05, 0) is 92.6 Å². The number of benzene rings is 4. The number of unbranched alkanes of at least 4 members (excludes halogenated alkanes) is 5. The lowest BCUT2D eigenvalue weighted by molar-refractivity contribution is -0.438. The monoisotopic (exact) mass is 1070 g/mol. The molecule has 8 N–H and O–H groups in total. The Balaban J connectivity index is 1.31. The lowest BCUT2D eigenvalue weighted by Crippen LogP contribution is -2.28. The highest BCUT2D eigenvalue weighted by atomic mass is 32.2. The second-order valence-corrected chi connectivity index (χ2v) is 26.3. The number of hydrogen-bond acceptors (Lipinski definition) is 13. The van der Waals surface area contributed by atoms with Crippen molar-refractivity contribution < 1.29 is 66.2 Å². The van der Waals surface area contributed by atoms with Crippen LogP contribution in [0.3, 0.4) is 0 Å². The highest BCUT2D eigenvalue weighted by Crippen LogP contribution is 2.52. The highest BCUT2D eigenvalue weighted by Gasteiger charge is 2.46. The Labute approximate surface area is 411 Å². The van der Waals surface area contributed by atoms with Crippen molar-refractivity contribution in [1.29, 1.82) is 0 Å². The molecule has 382 valence electrons. The van der Waals surface area contributed by atoms with E-state index in [0.29, 0.717) is 67.8 Å². The minimum Gasteiger partial charge on any atom is -0.344 e. The average Bonchev–Trinajstić information content (AvgIpc) is 3.60. The zero-order chi connectivity index (χ0) is 51.5. The summed E-state index contributed by atoms with van der Waals surface area (Å²) < 4.78 is 137. The van der Waals surface area contributed by atoms with Gasteiger partial charge in [-0.15, -0.1) is 5.50 Å². The first-order valence-electron chi connectivity index (χ1n) is 22.8. The van der Waals surface area contributed by atoms with Crippen LogP contribution in [0.25, 0.3) is 21.5 Å². The number of anilines is 1. The Kier molecular flexibility index (Phi) is 17.1. The number of nitrogens with one attached hydrogen (secondary N) is 1. The Bertz CT molecular complexity index is 3220. The molecule has 0 saturated carbocycles. The molecule has 0 unspecified atom stereocenters. The number of rotatable bonds is 24. The lowest BCUT2D eigenvalue weighted by atomic mass is 9.79. The van der Waals surface area contributed by atoms with Crippen molar-refractivity contribution in [2.75, 3.05) is 42.6 Å². The van der Waals surface area contributed by atoms with E-state index in [1.165, 1.54) is 6.07 Å². The standard InChI is InChI=1S/C47H61N4O14PS4/c1-46(2)42(22-8-7-9-23-43-47(3,4)45-37-19-17-21-41(70(62,63)64)35(37)25-27-39(45)51(43)30-12-15-33-68(57,58)59)50(29-11-14-32-67(54,55)56)38-26-24-34-36(44(38)46)18-16-20-40(34)69(60,61)49-28-10-5-6-13-31-65-66(48,52)53/h7-9,16-27,49,52-53H,5-6,10-15,28-33,48H2,1-4H3,(H-2,54,55,56,57,58,59,62,63,64)/p+2. The fourth-order valence-electron chi connectivity index (χ4n) is 9.66. The smallest absolute Gasteiger partial charge is 0.344 e. The first-order chi connectivity index (χ1) is 32.5. The van der Waals surface area contributed by atoms with E-state index in [9.17, 15) is 57.1 Å². The van der Waals surface area contributed by atoms with Crippen molar-refractivity contribution in [1.82, 2.24) is 4.72 Å². The molecule has 2 heterocycles. The van der Waals surface area contributed by atoms with E-state index in [4.69, 9.17) is 10.0 Å². The second-order valence-electron chi connectivity index (χ2n) is 18.6. The van der Waals surface area contributed by atoms with Gasteiger partial charge in [-0.2, -0.15) is 44.1 Å². The Hall–Kier alpha value is -4.00. The van der Waals surface area contributed by atoms with E-state index in [1.54, 1.807) is 42.5 Å². The molecule has 6 rings (SSSR count). The number of sulfonamides is 1. The minimum atomic E-state index is -4.55. The minimum absolute atomic E-state index is 0.0812. The molecule has 4 aromatic rings. The van der Waals surface area contributed by atoms with Crippen LogP contribution >= 0.6 is 8.09 Å². The summed E-state index contributed by atoms with van der Waals surface area (Å²) in [7, 11) is -20.7. The molecule has 4 aromatic carbocycles. The van der Waals surface area contributed by atoms with E-state index < -0.39 is 70.8 Å². The van der Waals surface area contributed by atoms with Gasteiger partial charge in [-0.25, -0.2) is 13.1 Å². The van der Waals surface area contributed by atoms with Crippen LogP contribution in [0.5, 0.6) is 0 Å². The van der Waals surface area contributed by atoms with Crippen molar-refractivity contribution in [3.05, 3.63) is 108 Å². The second kappa shape index (κ2) is 21.6. The van der Waals surface area contributed by atoms with Gasteiger partial charge >= 0.3 is 8.09 Å². The van der Waals surface area contributed by atoms with Gasteiger partial charge in [0.15, 0.2) is 5.71 Å². The fraction of sp³-hybridized carbons (Fsp3) is 0.426.